The maximum absolute atomic E-state index is 5.47. The van der Waals surface area contributed by atoms with Gasteiger partial charge in [-0.2, -0.15) is 11.3 Å². The zero-order chi connectivity index (χ0) is 12.1. The molecule has 1 unspecified atom stereocenters. The highest BCUT2D eigenvalue weighted by molar-refractivity contribution is 7.07. The van der Waals surface area contributed by atoms with Crippen molar-refractivity contribution in [2.75, 3.05) is 20.6 Å². The van der Waals surface area contributed by atoms with Gasteiger partial charge in [-0.15, -0.1) is 0 Å². The van der Waals surface area contributed by atoms with E-state index in [4.69, 9.17) is 4.42 Å². The number of hydrogen-bond acceptors (Lipinski definition) is 4. The molecule has 3 nitrogen and oxygen atoms in total. The summed E-state index contributed by atoms with van der Waals surface area (Å²) in [5, 5.41) is 7.74. The fourth-order valence-corrected chi connectivity index (χ4v) is 2.43. The summed E-state index contributed by atoms with van der Waals surface area (Å²) in [4.78, 5) is 2.17. The second-order valence-electron chi connectivity index (χ2n) is 4.26. The average molecular weight is 250 g/mol. The molecule has 0 spiro atoms. The fraction of sp³-hybridized carbons (Fsp3) is 0.385. The summed E-state index contributed by atoms with van der Waals surface area (Å²) < 4.78 is 5.47. The number of likely N-dealkylation sites (N-methyl/N-ethyl adjacent to an activating group) is 1. The van der Waals surface area contributed by atoms with Gasteiger partial charge in [0.05, 0.1) is 12.3 Å². The number of furan rings is 1. The van der Waals surface area contributed by atoms with Crippen molar-refractivity contribution < 1.29 is 4.42 Å². The summed E-state index contributed by atoms with van der Waals surface area (Å²) in [6, 6.07) is 6.39. The van der Waals surface area contributed by atoms with Gasteiger partial charge in [0.25, 0.3) is 0 Å². The van der Waals surface area contributed by atoms with E-state index in [0.29, 0.717) is 0 Å². The van der Waals surface area contributed by atoms with Crippen molar-refractivity contribution in [3.8, 4) is 0 Å². The van der Waals surface area contributed by atoms with Crippen molar-refractivity contribution in [1.29, 1.82) is 0 Å². The Labute approximate surface area is 106 Å². The molecule has 0 bridgehead atoms. The third-order valence-corrected chi connectivity index (χ3v) is 3.47. The molecule has 17 heavy (non-hydrogen) atoms. The molecule has 2 rings (SSSR count). The Bertz CT molecular complexity index is 409. The van der Waals surface area contributed by atoms with Crippen molar-refractivity contribution >= 4 is 11.3 Å². The van der Waals surface area contributed by atoms with Gasteiger partial charge in [0, 0.05) is 13.1 Å². The van der Waals surface area contributed by atoms with Gasteiger partial charge in [0.1, 0.15) is 5.76 Å². The lowest BCUT2D eigenvalue weighted by molar-refractivity contribution is 0.250. The van der Waals surface area contributed by atoms with Gasteiger partial charge in [0.2, 0.25) is 0 Å². The summed E-state index contributed by atoms with van der Waals surface area (Å²) >= 11 is 1.73. The predicted molar refractivity (Wildman–Crippen MR) is 71.2 cm³/mol. The third-order valence-electron chi connectivity index (χ3n) is 2.74. The van der Waals surface area contributed by atoms with Crippen LogP contribution >= 0.6 is 11.3 Å². The molecule has 1 N–H and O–H groups in total. The van der Waals surface area contributed by atoms with Crippen LogP contribution in [0.5, 0.6) is 0 Å². The van der Waals surface area contributed by atoms with Crippen molar-refractivity contribution in [1.82, 2.24) is 10.2 Å². The van der Waals surface area contributed by atoms with Crippen LogP contribution in [0.2, 0.25) is 0 Å². The zero-order valence-corrected chi connectivity index (χ0v) is 11.0. The molecule has 0 saturated heterocycles. The summed E-state index contributed by atoms with van der Waals surface area (Å²) in [6.45, 7) is 1.80. The van der Waals surface area contributed by atoms with Crippen LogP contribution in [0.1, 0.15) is 17.4 Å². The third kappa shape index (κ3) is 3.43. The largest absolute Gasteiger partial charge is 0.468 e. The summed E-state index contributed by atoms with van der Waals surface area (Å²) in [6.07, 6.45) is 1.73. The van der Waals surface area contributed by atoms with Crippen LogP contribution < -0.4 is 5.32 Å². The molecule has 4 heteroatoms. The van der Waals surface area contributed by atoms with E-state index in [9.17, 15) is 0 Å². The van der Waals surface area contributed by atoms with Crippen molar-refractivity contribution in [2.24, 2.45) is 0 Å². The lowest BCUT2D eigenvalue weighted by atomic mass is 10.2. The summed E-state index contributed by atoms with van der Waals surface area (Å²) in [7, 11) is 4.14. The summed E-state index contributed by atoms with van der Waals surface area (Å²) in [5.41, 5.74) is 1.34. The molecular weight excluding hydrogens is 232 g/mol. The first kappa shape index (κ1) is 12.4. The molecule has 0 aromatic carbocycles. The van der Waals surface area contributed by atoms with E-state index >= 15 is 0 Å². The molecule has 92 valence electrons. The molecule has 2 aromatic rings. The van der Waals surface area contributed by atoms with Crippen LogP contribution in [0.15, 0.2) is 39.6 Å². The minimum Gasteiger partial charge on any atom is -0.468 e. The zero-order valence-electron chi connectivity index (χ0n) is 10.2. The van der Waals surface area contributed by atoms with Crippen molar-refractivity contribution in [3.05, 3.63) is 46.5 Å². The van der Waals surface area contributed by atoms with Crippen LogP contribution in [0, 0.1) is 0 Å². The molecule has 0 saturated carbocycles. The van der Waals surface area contributed by atoms with Gasteiger partial charge < -0.3 is 9.73 Å². The van der Waals surface area contributed by atoms with Gasteiger partial charge in [0.15, 0.2) is 0 Å². The van der Waals surface area contributed by atoms with Gasteiger partial charge in [-0.25, -0.2) is 0 Å². The van der Waals surface area contributed by atoms with Gasteiger partial charge >= 0.3 is 0 Å². The monoisotopic (exact) mass is 250 g/mol. The van der Waals surface area contributed by atoms with Crippen LogP contribution in [-0.2, 0) is 6.54 Å². The number of rotatable bonds is 6. The molecule has 0 amide bonds. The van der Waals surface area contributed by atoms with E-state index in [2.05, 4.69) is 41.1 Å². The number of nitrogens with zero attached hydrogens (tertiary/aromatic N) is 1. The van der Waals surface area contributed by atoms with Crippen LogP contribution in [0.3, 0.4) is 0 Å². The molecule has 0 aliphatic heterocycles. The molecule has 0 aliphatic carbocycles. The Hall–Kier alpha value is -1.10. The van der Waals surface area contributed by atoms with Gasteiger partial charge in [-0.05, 0) is 48.6 Å². The van der Waals surface area contributed by atoms with E-state index in [1.807, 2.05) is 12.1 Å². The SMILES string of the molecule is CN(C)C(CNCc1ccsc1)c1ccco1. The van der Waals surface area contributed by atoms with E-state index in [1.54, 1.807) is 17.6 Å². The Morgan fingerprint density at radius 3 is 2.88 bits per heavy atom. The Kier molecular flexibility index (Phi) is 4.36. The average Bonchev–Trinajstić information content (AvgIpc) is 2.96. The molecule has 0 aliphatic rings. The molecular formula is C13H18N2OS. The molecule has 0 fully saturated rings. The van der Waals surface area contributed by atoms with Crippen molar-refractivity contribution in [3.63, 3.8) is 0 Å². The number of nitrogens with one attached hydrogen (secondary N) is 1. The lowest BCUT2D eigenvalue weighted by Gasteiger charge is -2.22. The number of hydrogen-bond donors (Lipinski definition) is 1. The first-order valence-electron chi connectivity index (χ1n) is 5.69. The van der Waals surface area contributed by atoms with E-state index in [1.165, 1.54) is 5.56 Å². The molecule has 2 aromatic heterocycles. The minimum absolute atomic E-state index is 0.281. The van der Waals surface area contributed by atoms with E-state index < -0.39 is 0 Å². The Morgan fingerprint density at radius 2 is 2.29 bits per heavy atom. The maximum atomic E-state index is 5.47. The smallest absolute Gasteiger partial charge is 0.122 e. The minimum atomic E-state index is 0.281. The normalized spacial score (nSPS) is 13.1. The van der Waals surface area contributed by atoms with Gasteiger partial charge in [-0.1, -0.05) is 0 Å². The standard InChI is InChI=1S/C13H18N2OS/c1-15(2)12(13-4-3-6-16-13)9-14-8-11-5-7-17-10-11/h3-7,10,12,14H,8-9H2,1-2H3. The maximum Gasteiger partial charge on any atom is 0.122 e. The molecule has 1 atom stereocenters. The quantitative estimate of drug-likeness (QED) is 0.854. The van der Waals surface area contributed by atoms with Crippen molar-refractivity contribution in [2.45, 2.75) is 12.6 Å². The molecule has 0 radical (unpaired) electrons. The fourth-order valence-electron chi connectivity index (χ4n) is 1.76. The van der Waals surface area contributed by atoms with Crippen LogP contribution in [0.25, 0.3) is 0 Å². The lowest BCUT2D eigenvalue weighted by Crippen LogP contribution is -2.30. The number of thiophene rings is 1. The first-order valence-corrected chi connectivity index (χ1v) is 6.63. The Morgan fingerprint density at radius 1 is 1.41 bits per heavy atom. The second-order valence-corrected chi connectivity index (χ2v) is 5.04. The van der Waals surface area contributed by atoms with Crippen LogP contribution in [0.4, 0.5) is 0 Å². The van der Waals surface area contributed by atoms with E-state index in [-0.39, 0.29) is 6.04 Å². The first-order chi connectivity index (χ1) is 8.27. The highest BCUT2D eigenvalue weighted by Gasteiger charge is 2.15. The topological polar surface area (TPSA) is 28.4 Å². The van der Waals surface area contributed by atoms with Gasteiger partial charge in [-0.3, -0.25) is 4.90 Å². The highest BCUT2D eigenvalue weighted by Crippen LogP contribution is 2.17. The molecule has 2 heterocycles. The second kappa shape index (κ2) is 6.00. The van der Waals surface area contributed by atoms with E-state index in [0.717, 1.165) is 18.8 Å². The predicted octanol–water partition coefficient (Wildman–Crippen LogP) is 2.73. The van der Waals surface area contributed by atoms with Crippen LogP contribution in [-0.4, -0.2) is 25.5 Å². The Balaban J connectivity index is 1.86. The summed E-state index contributed by atoms with van der Waals surface area (Å²) in [5.74, 6) is 1.01. The highest BCUT2D eigenvalue weighted by atomic mass is 32.1.